The van der Waals surface area contributed by atoms with Crippen molar-refractivity contribution in [2.75, 3.05) is 18.4 Å². The lowest BCUT2D eigenvalue weighted by Crippen LogP contribution is -2.23. The first-order valence-corrected chi connectivity index (χ1v) is 9.73. The summed E-state index contributed by atoms with van der Waals surface area (Å²) in [5.41, 5.74) is 2.80. The van der Waals surface area contributed by atoms with Crippen molar-refractivity contribution in [2.24, 2.45) is 0 Å². The van der Waals surface area contributed by atoms with E-state index >= 15 is 0 Å². The molecule has 8 heteroatoms. The Morgan fingerprint density at radius 2 is 2.21 bits per heavy atom. The van der Waals surface area contributed by atoms with Crippen LogP contribution in [0.5, 0.6) is 5.75 Å². The van der Waals surface area contributed by atoms with Crippen LogP contribution in [0.15, 0.2) is 36.7 Å². The third-order valence-electron chi connectivity index (χ3n) is 4.32. The number of nitriles is 1. The second-order valence-corrected chi connectivity index (χ2v) is 7.38. The van der Waals surface area contributed by atoms with Crippen LogP contribution in [0, 0.1) is 11.5 Å². The molecule has 150 valence electrons. The van der Waals surface area contributed by atoms with E-state index in [1.165, 1.54) is 6.20 Å². The number of pyridine rings is 2. The van der Waals surface area contributed by atoms with Gasteiger partial charge in [-0.25, -0.2) is 4.98 Å². The first-order valence-electron chi connectivity index (χ1n) is 9.35. The van der Waals surface area contributed by atoms with Crippen molar-refractivity contribution in [3.05, 3.63) is 52.9 Å². The van der Waals surface area contributed by atoms with E-state index in [9.17, 15) is 4.79 Å². The average Bonchev–Trinajstić information content (AvgIpc) is 2.71. The van der Waals surface area contributed by atoms with E-state index in [4.69, 9.17) is 21.6 Å². The fourth-order valence-corrected chi connectivity index (χ4v) is 3.06. The number of nitrogens with one attached hydrogen (secondary N) is 1. The van der Waals surface area contributed by atoms with Gasteiger partial charge in [-0.2, -0.15) is 5.26 Å². The highest BCUT2D eigenvalue weighted by Crippen LogP contribution is 2.27. The molecule has 3 rings (SSSR count). The number of carbonyl (C=O) groups excluding carboxylic acids is 1. The first kappa shape index (κ1) is 20.6. The Hall–Kier alpha value is -3.11. The second kappa shape index (κ2) is 9.39. The van der Waals surface area contributed by atoms with Crippen molar-refractivity contribution in [1.29, 1.82) is 5.26 Å². The van der Waals surface area contributed by atoms with Gasteiger partial charge in [0.2, 0.25) is 5.91 Å². The van der Waals surface area contributed by atoms with E-state index in [1.807, 2.05) is 32.1 Å². The minimum absolute atomic E-state index is 0.0368. The Bertz CT molecular complexity index is 951. The molecule has 0 fully saturated rings. The zero-order chi connectivity index (χ0) is 20.8. The molecule has 3 heterocycles. The van der Waals surface area contributed by atoms with E-state index in [1.54, 1.807) is 17.2 Å². The predicted octanol–water partition coefficient (Wildman–Crippen LogP) is 3.67. The quantitative estimate of drug-likeness (QED) is 0.729. The molecule has 0 spiro atoms. The van der Waals surface area contributed by atoms with Gasteiger partial charge in [-0.1, -0.05) is 23.7 Å². The summed E-state index contributed by atoms with van der Waals surface area (Å²) in [5.74, 6) is 0.661. The molecule has 0 atom stereocenters. The normalized spacial score (nSPS) is 13.6. The van der Waals surface area contributed by atoms with E-state index in [2.05, 4.69) is 21.5 Å². The average molecular weight is 412 g/mol. The number of rotatable bonds is 6. The van der Waals surface area contributed by atoms with Crippen LogP contribution < -0.4 is 10.1 Å². The smallest absolute Gasteiger partial charge is 0.230 e. The summed E-state index contributed by atoms with van der Waals surface area (Å²) in [4.78, 5) is 22.6. The van der Waals surface area contributed by atoms with Gasteiger partial charge in [-0.3, -0.25) is 9.78 Å². The van der Waals surface area contributed by atoms with E-state index in [-0.39, 0.29) is 18.4 Å². The zero-order valence-electron chi connectivity index (χ0n) is 16.4. The van der Waals surface area contributed by atoms with Crippen molar-refractivity contribution in [2.45, 2.75) is 32.8 Å². The van der Waals surface area contributed by atoms with Gasteiger partial charge in [0.15, 0.2) is 6.19 Å². The molecule has 0 aromatic carbocycles. The van der Waals surface area contributed by atoms with Crippen molar-refractivity contribution in [1.82, 2.24) is 14.9 Å². The second-order valence-electron chi connectivity index (χ2n) is 6.97. The van der Waals surface area contributed by atoms with Crippen LogP contribution in [-0.4, -0.2) is 40.0 Å². The molecule has 0 aliphatic carbocycles. The molecule has 7 nitrogen and oxygen atoms in total. The van der Waals surface area contributed by atoms with Gasteiger partial charge < -0.3 is 15.0 Å². The minimum Gasteiger partial charge on any atom is -0.489 e. The van der Waals surface area contributed by atoms with Crippen LogP contribution in [0.1, 0.15) is 31.5 Å². The van der Waals surface area contributed by atoms with E-state index in [0.717, 1.165) is 23.3 Å². The molecule has 1 N–H and O–H groups in total. The first-order chi connectivity index (χ1) is 13.9. The van der Waals surface area contributed by atoms with Crippen LogP contribution >= 0.6 is 11.6 Å². The predicted molar refractivity (Wildman–Crippen MR) is 111 cm³/mol. The Morgan fingerprint density at radius 1 is 1.38 bits per heavy atom. The van der Waals surface area contributed by atoms with Crippen LogP contribution in [0.3, 0.4) is 0 Å². The number of carbonyl (C=O) groups is 1. The summed E-state index contributed by atoms with van der Waals surface area (Å²) in [7, 11) is 0. The van der Waals surface area contributed by atoms with Crippen LogP contribution in [0.4, 0.5) is 5.82 Å². The zero-order valence-corrected chi connectivity index (χ0v) is 17.1. The van der Waals surface area contributed by atoms with Crippen LogP contribution in [0.25, 0.3) is 5.57 Å². The van der Waals surface area contributed by atoms with Crippen molar-refractivity contribution in [3.8, 4) is 11.9 Å². The summed E-state index contributed by atoms with van der Waals surface area (Å²) in [6, 6.07) is 5.41. The van der Waals surface area contributed by atoms with Crippen LogP contribution in [-0.2, 0) is 11.2 Å². The lowest BCUT2D eigenvalue weighted by molar-refractivity contribution is -0.115. The van der Waals surface area contributed by atoms with Crippen LogP contribution in [0.2, 0.25) is 5.02 Å². The Balaban J connectivity index is 1.60. The number of hydrogen-bond acceptors (Lipinski definition) is 6. The molecule has 29 heavy (non-hydrogen) atoms. The molecule has 1 aliphatic rings. The molecule has 1 amide bonds. The molecule has 0 radical (unpaired) electrons. The summed E-state index contributed by atoms with van der Waals surface area (Å²) < 4.78 is 5.61. The summed E-state index contributed by atoms with van der Waals surface area (Å²) in [6.45, 7) is 5.10. The molecular formula is C21H22ClN5O2. The largest absolute Gasteiger partial charge is 0.489 e. The number of nitrogens with zero attached hydrogens (tertiary/aromatic N) is 4. The maximum absolute atomic E-state index is 12.4. The fraction of sp³-hybridized carbons (Fsp3) is 0.333. The topological polar surface area (TPSA) is 91.1 Å². The fourth-order valence-electron chi connectivity index (χ4n) is 2.92. The molecule has 2 aromatic rings. The highest BCUT2D eigenvalue weighted by Gasteiger charge is 2.13. The number of hydrogen-bond donors (Lipinski definition) is 1. The third-order valence-corrected chi connectivity index (χ3v) is 4.60. The molecule has 1 aliphatic heterocycles. The van der Waals surface area contributed by atoms with Crippen molar-refractivity contribution >= 4 is 28.9 Å². The highest BCUT2D eigenvalue weighted by atomic mass is 35.5. The standard InChI is InChI=1S/C21H22ClN5O2/c1-14(2)29-19-10-20(25-12-17(19)22)26-21(28)9-15-3-4-18(24-11-15)16-5-7-27(13-23)8-6-16/h3-5,10-12,14H,6-9H2,1-2H3,(H,25,26,28). The molecule has 0 unspecified atom stereocenters. The summed E-state index contributed by atoms with van der Waals surface area (Å²) in [6.07, 6.45) is 8.25. The van der Waals surface area contributed by atoms with Gasteiger partial charge in [0.25, 0.3) is 0 Å². The Morgan fingerprint density at radius 3 is 2.83 bits per heavy atom. The SMILES string of the molecule is CC(C)Oc1cc(NC(=O)Cc2ccc(C3=CCN(C#N)CC3)nc2)ncc1Cl. The maximum atomic E-state index is 12.4. The number of aromatic nitrogens is 2. The lowest BCUT2D eigenvalue weighted by atomic mass is 10.0. The Kier molecular flexibility index (Phi) is 6.68. The van der Waals surface area contributed by atoms with Crippen molar-refractivity contribution < 1.29 is 9.53 Å². The van der Waals surface area contributed by atoms with E-state index in [0.29, 0.717) is 29.7 Å². The summed E-state index contributed by atoms with van der Waals surface area (Å²) in [5, 5.41) is 12.1. The molecular weight excluding hydrogens is 390 g/mol. The number of anilines is 1. The van der Waals surface area contributed by atoms with E-state index < -0.39 is 0 Å². The van der Waals surface area contributed by atoms with Gasteiger partial charge in [-0.05, 0) is 37.5 Å². The number of amides is 1. The number of ether oxygens (including phenoxy) is 1. The van der Waals surface area contributed by atoms with Crippen molar-refractivity contribution in [3.63, 3.8) is 0 Å². The Labute approximate surface area is 175 Å². The van der Waals surface area contributed by atoms with Gasteiger partial charge in [0.1, 0.15) is 16.6 Å². The summed E-state index contributed by atoms with van der Waals surface area (Å²) >= 11 is 6.07. The van der Waals surface area contributed by atoms with Gasteiger partial charge in [0, 0.05) is 25.4 Å². The maximum Gasteiger partial charge on any atom is 0.230 e. The van der Waals surface area contributed by atoms with Gasteiger partial charge in [-0.15, -0.1) is 0 Å². The molecule has 0 bridgehead atoms. The van der Waals surface area contributed by atoms with Gasteiger partial charge in [0.05, 0.1) is 24.4 Å². The molecule has 2 aromatic heterocycles. The highest BCUT2D eigenvalue weighted by molar-refractivity contribution is 6.32. The number of halogens is 1. The lowest BCUT2D eigenvalue weighted by Gasteiger charge is -2.20. The molecule has 0 saturated carbocycles. The van der Waals surface area contributed by atoms with Gasteiger partial charge >= 0.3 is 0 Å². The molecule has 0 saturated heterocycles. The monoisotopic (exact) mass is 411 g/mol. The minimum atomic E-state index is -0.202. The third kappa shape index (κ3) is 5.69.